The Labute approximate surface area is 156 Å². The highest BCUT2D eigenvalue weighted by atomic mass is 35.5. The molecule has 1 aromatic heterocycles. The van der Waals surface area contributed by atoms with Crippen LogP contribution >= 0.6 is 11.6 Å². The van der Waals surface area contributed by atoms with Crippen molar-refractivity contribution >= 4 is 34.0 Å². The topological polar surface area (TPSA) is 42.2 Å². The van der Waals surface area contributed by atoms with Crippen LogP contribution in [0.4, 0.5) is 4.39 Å². The van der Waals surface area contributed by atoms with E-state index in [4.69, 9.17) is 11.6 Å². The van der Waals surface area contributed by atoms with Crippen molar-refractivity contribution in [2.45, 2.75) is 27.3 Å². The molecule has 5 heteroatoms. The van der Waals surface area contributed by atoms with Crippen LogP contribution in [0.5, 0.6) is 0 Å². The normalized spacial score (nSPS) is 12.0. The van der Waals surface area contributed by atoms with Crippen molar-refractivity contribution < 1.29 is 14.3 Å². The number of hydrogen-bond donors (Lipinski definition) is 1. The minimum atomic E-state index is -0.943. The Kier molecular flexibility index (Phi) is 4.88. The lowest BCUT2D eigenvalue weighted by Crippen LogP contribution is -2.10. The largest absolute Gasteiger partial charge is 0.480 e. The van der Waals surface area contributed by atoms with Crippen molar-refractivity contribution in [2.75, 3.05) is 0 Å². The molecule has 0 unspecified atom stereocenters. The van der Waals surface area contributed by atoms with E-state index in [1.54, 1.807) is 10.6 Å². The number of carboxylic acids is 1. The molecule has 0 saturated heterocycles. The van der Waals surface area contributed by atoms with Gasteiger partial charge in [0.15, 0.2) is 0 Å². The molecular weight excluding hydrogens is 353 g/mol. The average molecular weight is 372 g/mol. The van der Waals surface area contributed by atoms with Crippen LogP contribution < -0.4 is 0 Å². The molecule has 3 rings (SSSR count). The molecule has 3 aromatic rings. The number of allylic oxidation sites excluding steroid dienone is 1. The zero-order valence-corrected chi connectivity index (χ0v) is 15.6. The van der Waals surface area contributed by atoms with Gasteiger partial charge in [-0.15, -0.1) is 0 Å². The van der Waals surface area contributed by atoms with Crippen LogP contribution in [-0.2, 0) is 11.3 Å². The number of nitrogens with zero attached hydrogens (tertiary/aromatic N) is 1. The second kappa shape index (κ2) is 6.96. The fourth-order valence-electron chi connectivity index (χ4n) is 3.45. The molecule has 26 heavy (non-hydrogen) atoms. The van der Waals surface area contributed by atoms with Gasteiger partial charge in [0.05, 0.1) is 0 Å². The van der Waals surface area contributed by atoms with Gasteiger partial charge in [-0.25, -0.2) is 4.39 Å². The van der Waals surface area contributed by atoms with E-state index < -0.39 is 5.97 Å². The fourth-order valence-corrected chi connectivity index (χ4v) is 3.62. The molecule has 1 heterocycles. The van der Waals surface area contributed by atoms with Gasteiger partial charge in [0.2, 0.25) is 0 Å². The number of rotatable bonds is 4. The summed E-state index contributed by atoms with van der Waals surface area (Å²) in [6.45, 7) is 5.58. The smallest absolute Gasteiger partial charge is 0.323 e. The van der Waals surface area contributed by atoms with Crippen molar-refractivity contribution in [3.05, 3.63) is 75.7 Å². The minimum Gasteiger partial charge on any atom is -0.480 e. The Morgan fingerprint density at radius 3 is 2.62 bits per heavy atom. The molecule has 0 aliphatic carbocycles. The molecule has 2 aromatic carbocycles. The van der Waals surface area contributed by atoms with E-state index in [9.17, 15) is 14.3 Å². The second-order valence-electron chi connectivity index (χ2n) is 6.26. The van der Waals surface area contributed by atoms with Gasteiger partial charge in [0.25, 0.3) is 0 Å². The number of aryl methyl sites for hydroxylation is 1. The number of carboxylic acid groups (broad SMARTS) is 1. The van der Waals surface area contributed by atoms with Gasteiger partial charge in [-0.1, -0.05) is 23.7 Å². The van der Waals surface area contributed by atoms with Gasteiger partial charge < -0.3 is 9.67 Å². The maximum atomic E-state index is 14.0. The molecule has 0 spiro atoms. The van der Waals surface area contributed by atoms with Crippen molar-refractivity contribution in [1.29, 1.82) is 0 Å². The molecule has 1 N–H and O–H groups in total. The predicted molar refractivity (Wildman–Crippen MR) is 103 cm³/mol. The Morgan fingerprint density at radius 2 is 1.96 bits per heavy atom. The highest BCUT2D eigenvalue weighted by molar-refractivity contribution is 6.30. The summed E-state index contributed by atoms with van der Waals surface area (Å²) in [6.07, 6.45) is 1.95. The summed E-state index contributed by atoms with van der Waals surface area (Å²) in [5.74, 6) is -1.30. The monoisotopic (exact) mass is 371 g/mol. The van der Waals surface area contributed by atoms with E-state index in [1.807, 2.05) is 45.0 Å². The molecule has 0 bridgehead atoms. The third-order valence-corrected chi connectivity index (χ3v) is 4.86. The predicted octanol–water partition coefficient (Wildman–Crippen LogP) is 5.59. The maximum absolute atomic E-state index is 14.0. The summed E-state index contributed by atoms with van der Waals surface area (Å²) < 4.78 is 15.7. The van der Waals surface area contributed by atoms with E-state index in [2.05, 4.69) is 0 Å². The molecule has 3 nitrogen and oxygen atoms in total. The summed E-state index contributed by atoms with van der Waals surface area (Å²) in [7, 11) is 0. The molecule has 0 atom stereocenters. The summed E-state index contributed by atoms with van der Waals surface area (Å²) in [4.78, 5) is 11.3. The molecule has 0 fully saturated rings. The van der Waals surface area contributed by atoms with E-state index in [1.165, 1.54) is 12.1 Å². The van der Waals surface area contributed by atoms with Gasteiger partial charge in [-0.05, 0) is 67.8 Å². The Bertz CT molecular complexity index is 1050. The quantitative estimate of drug-likeness (QED) is 0.649. The lowest BCUT2D eigenvalue weighted by molar-refractivity contribution is -0.137. The minimum absolute atomic E-state index is 0.181. The van der Waals surface area contributed by atoms with Gasteiger partial charge in [0.1, 0.15) is 12.4 Å². The SMILES string of the molecule is C/C=C(\c1cc(Cl)ccc1C)c1c(C)n(CC(=O)O)c2ccc(F)cc12. The van der Waals surface area contributed by atoms with Crippen LogP contribution in [0.2, 0.25) is 5.02 Å². The van der Waals surface area contributed by atoms with E-state index >= 15 is 0 Å². The maximum Gasteiger partial charge on any atom is 0.323 e. The first-order chi connectivity index (χ1) is 12.3. The zero-order valence-electron chi connectivity index (χ0n) is 14.8. The number of hydrogen-bond acceptors (Lipinski definition) is 1. The van der Waals surface area contributed by atoms with Crippen LogP contribution in [0.3, 0.4) is 0 Å². The number of halogens is 2. The van der Waals surface area contributed by atoms with E-state index in [0.717, 1.165) is 28.0 Å². The molecule has 0 amide bonds. The first kappa shape index (κ1) is 18.2. The van der Waals surface area contributed by atoms with Crippen molar-refractivity contribution in [3.63, 3.8) is 0 Å². The summed E-state index contributed by atoms with van der Waals surface area (Å²) in [6, 6.07) is 10.1. The van der Waals surface area contributed by atoms with Crippen LogP contribution in [-0.4, -0.2) is 15.6 Å². The average Bonchev–Trinajstić information content (AvgIpc) is 2.83. The molecule has 0 aliphatic heterocycles. The second-order valence-corrected chi connectivity index (χ2v) is 6.70. The Morgan fingerprint density at radius 1 is 1.23 bits per heavy atom. The Hall–Kier alpha value is -2.59. The van der Waals surface area contributed by atoms with Crippen LogP contribution in [0, 0.1) is 19.7 Å². The third-order valence-electron chi connectivity index (χ3n) is 4.63. The highest BCUT2D eigenvalue weighted by Gasteiger charge is 2.20. The standard InChI is InChI=1S/C21H19ClFNO2/c1-4-16(17-9-14(22)6-5-12(17)2)21-13(3)24(11-20(25)26)19-8-7-15(23)10-18(19)21/h4-10H,11H2,1-3H3,(H,25,26)/b16-4+. The number of carbonyl (C=O) groups is 1. The molecule has 0 saturated carbocycles. The van der Waals surface area contributed by atoms with Gasteiger partial charge >= 0.3 is 5.97 Å². The Balaban J connectivity index is 2.36. The lowest BCUT2D eigenvalue weighted by atomic mass is 9.92. The van der Waals surface area contributed by atoms with Crippen molar-refractivity contribution in [2.24, 2.45) is 0 Å². The third kappa shape index (κ3) is 3.13. The number of benzene rings is 2. The first-order valence-corrected chi connectivity index (χ1v) is 8.64. The summed E-state index contributed by atoms with van der Waals surface area (Å²) >= 11 is 6.19. The fraction of sp³-hybridized carbons (Fsp3) is 0.190. The van der Waals surface area contributed by atoms with E-state index in [0.29, 0.717) is 15.9 Å². The van der Waals surface area contributed by atoms with Gasteiger partial charge in [-0.2, -0.15) is 0 Å². The van der Waals surface area contributed by atoms with Gasteiger partial charge in [0, 0.05) is 27.2 Å². The molecule has 134 valence electrons. The highest BCUT2D eigenvalue weighted by Crippen LogP contribution is 2.37. The van der Waals surface area contributed by atoms with Gasteiger partial charge in [-0.3, -0.25) is 4.79 Å². The zero-order chi connectivity index (χ0) is 19.0. The first-order valence-electron chi connectivity index (χ1n) is 8.26. The van der Waals surface area contributed by atoms with E-state index in [-0.39, 0.29) is 12.4 Å². The van der Waals surface area contributed by atoms with Crippen LogP contribution in [0.1, 0.15) is 29.3 Å². The molecule has 0 radical (unpaired) electrons. The van der Waals surface area contributed by atoms with Crippen LogP contribution in [0.15, 0.2) is 42.5 Å². The van der Waals surface area contributed by atoms with Crippen molar-refractivity contribution in [3.8, 4) is 0 Å². The number of aromatic nitrogens is 1. The number of fused-ring (bicyclic) bond motifs is 1. The van der Waals surface area contributed by atoms with Crippen molar-refractivity contribution in [1.82, 2.24) is 4.57 Å². The molecule has 0 aliphatic rings. The molecular formula is C21H19ClFNO2. The van der Waals surface area contributed by atoms with Crippen LogP contribution in [0.25, 0.3) is 16.5 Å². The lowest BCUT2D eigenvalue weighted by Gasteiger charge is -2.13. The summed E-state index contributed by atoms with van der Waals surface area (Å²) in [5.41, 5.74) is 5.19. The number of aliphatic carboxylic acids is 1. The summed E-state index contributed by atoms with van der Waals surface area (Å²) in [5, 5.41) is 10.6.